The van der Waals surface area contributed by atoms with Crippen LogP contribution in [0.2, 0.25) is 0 Å². The van der Waals surface area contributed by atoms with E-state index in [4.69, 9.17) is 5.73 Å². The van der Waals surface area contributed by atoms with Gasteiger partial charge in [0.05, 0.1) is 6.33 Å². The smallest absolute Gasteiger partial charge is 0.0945 e. The number of aryl methyl sites for hydroxylation is 1. The van der Waals surface area contributed by atoms with E-state index in [9.17, 15) is 0 Å². The number of aromatic nitrogens is 2. The van der Waals surface area contributed by atoms with E-state index in [1.165, 1.54) is 52.0 Å². The number of nitrogens with two attached hydrogens (primary N) is 1. The Balaban J connectivity index is 1.70. The fourth-order valence-electron chi connectivity index (χ4n) is 3.31. The maximum atomic E-state index is 5.75. The standard InChI is InChI=1S/C16H31N5/c1-2-16(5-6-17)21-11-4-9-19(13-14-21)8-3-10-20-12-7-18-15-20/h7,12,15-16H,2-6,8-11,13-14,17H2,1H3. The first-order valence-electron chi connectivity index (χ1n) is 8.45. The Kier molecular flexibility index (Phi) is 7.19. The molecule has 2 rings (SSSR count). The van der Waals surface area contributed by atoms with Crippen LogP contribution in [0.25, 0.3) is 0 Å². The van der Waals surface area contributed by atoms with E-state index < -0.39 is 0 Å². The zero-order valence-electron chi connectivity index (χ0n) is 13.5. The van der Waals surface area contributed by atoms with Crippen molar-refractivity contribution in [2.75, 3.05) is 39.3 Å². The topological polar surface area (TPSA) is 50.3 Å². The molecule has 2 N–H and O–H groups in total. The lowest BCUT2D eigenvalue weighted by molar-refractivity contribution is 0.185. The minimum Gasteiger partial charge on any atom is -0.337 e. The molecule has 5 nitrogen and oxygen atoms in total. The molecule has 0 radical (unpaired) electrons. The van der Waals surface area contributed by atoms with Gasteiger partial charge in [0.15, 0.2) is 0 Å². The molecule has 0 saturated carbocycles. The summed E-state index contributed by atoms with van der Waals surface area (Å²) in [7, 11) is 0. The van der Waals surface area contributed by atoms with Crippen LogP contribution in [0.4, 0.5) is 0 Å². The predicted octanol–water partition coefficient (Wildman–Crippen LogP) is 1.41. The summed E-state index contributed by atoms with van der Waals surface area (Å²) >= 11 is 0. The van der Waals surface area contributed by atoms with Crippen LogP contribution in [0, 0.1) is 0 Å². The molecule has 1 aromatic heterocycles. The highest BCUT2D eigenvalue weighted by molar-refractivity contribution is 4.77. The van der Waals surface area contributed by atoms with E-state index >= 15 is 0 Å². The minimum absolute atomic E-state index is 0.681. The first-order valence-corrected chi connectivity index (χ1v) is 8.45. The number of hydrogen-bond acceptors (Lipinski definition) is 4. The Hall–Kier alpha value is -0.910. The summed E-state index contributed by atoms with van der Waals surface area (Å²) in [6.45, 7) is 10.2. The van der Waals surface area contributed by atoms with Gasteiger partial charge in [-0.2, -0.15) is 0 Å². The fourth-order valence-corrected chi connectivity index (χ4v) is 3.31. The Morgan fingerprint density at radius 1 is 1.19 bits per heavy atom. The quantitative estimate of drug-likeness (QED) is 0.787. The van der Waals surface area contributed by atoms with Crippen LogP contribution < -0.4 is 5.73 Å². The van der Waals surface area contributed by atoms with Crippen molar-refractivity contribution < 1.29 is 0 Å². The molecule has 1 saturated heterocycles. The number of hydrogen-bond donors (Lipinski definition) is 1. The van der Waals surface area contributed by atoms with Crippen molar-refractivity contribution >= 4 is 0 Å². The molecule has 1 aromatic rings. The van der Waals surface area contributed by atoms with Crippen molar-refractivity contribution in [3.63, 3.8) is 0 Å². The number of rotatable bonds is 8. The summed E-state index contributed by atoms with van der Waals surface area (Å²) in [6.07, 6.45) is 10.6. The van der Waals surface area contributed by atoms with Crippen LogP contribution in [0.1, 0.15) is 32.6 Å². The molecular weight excluding hydrogens is 262 g/mol. The van der Waals surface area contributed by atoms with Gasteiger partial charge in [0.1, 0.15) is 0 Å². The van der Waals surface area contributed by atoms with Gasteiger partial charge < -0.3 is 15.2 Å². The molecule has 1 atom stereocenters. The van der Waals surface area contributed by atoms with Crippen molar-refractivity contribution in [1.82, 2.24) is 19.4 Å². The van der Waals surface area contributed by atoms with E-state index in [1.54, 1.807) is 0 Å². The highest BCUT2D eigenvalue weighted by atomic mass is 15.2. The van der Waals surface area contributed by atoms with Gasteiger partial charge >= 0.3 is 0 Å². The lowest BCUT2D eigenvalue weighted by Crippen LogP contribution is -2.39. The second-order valence-corrected chi connectivity index (χ2v) is 6.02. The minimum atomic E-state index is 0.681. The zero-order valence-corrected chi connectivity index (χ0v) is 13.5. The van der Waals surface area contributed by atoms with E-state index in [2.05, 4.69) is 26.3 Å². The van der Waals surface area contributed by atoms with Crippen LogP contribution in [0.3, 0.4) is 0 Å². The van der Waals surface area contributed by atoms with Gasteiger partial charge in [-0.05, 0) is 51.9 Å². The molecule has 0 aromatic carbocycles. The highest BCUT2D eigenvalue weighted by Gasteiger charge is 2.20. The van der Waals surface area contributed by atoms with Gasteiger partial charge in [-0.25, -0.2) is 4.98 Å². The third-order valence-electron chi connectivity index (χ3n) is 4.56. The maximum absolute atomic E-state index is 5.75. The Morgan fingerprint density at radius 3 is 2.81 bits per heavy atom. The molecule has 0 aliphatic carbocycles. The predicted molar refractivity (Wildman–Crippen MR) is 87.2 cm³/mol. The zero-order chi connectivity index (χ0) is 14.9. The third kappa shape index (κ3) is 5.41. The van der Waals surface area contributed by atoms with Crippen molar-refractivity contribution in [2.45, 2.75) is 45.2 Å². The summed E-state index contributed by atoms with van der Waals surface area (Å²) in [5.74, 6) is 0. The summed E-state index contributed by atoms with van der Waals surface area (Å²) in [6, 6.07) is 0.681. The number of imidazole rings is 1. The first kappa shape index (κ1) is 16.5. The molecule has 1 fully saturated rings. The van der Waals surface area contributed by atoms with Crippen LogP contribution in [-0.4, -0.2) is 64.7 Å². The largest absolute Gasteiger partial charge is 0.337 e. The molecule has 0 spiro atoms. The molecule has 120 valence electrons. The van der Waals surface area contributed by atoms with Crippen molar-refractivity contribution in [1.29, 1.82) is 0 Å². The summed E-state index contributed by atoms with van der Waals surface area (Å²) < 4.78 is 2.17. The summed E-state index contributed by atoms with van der Waals surface area (Å²) in [5.41, 5.74) is 5.75. The van der Waals surface area contributed by atoms with Crippen LogP contribution >= 0.6 is 0 Å². The third-order valence-corrected chi connectivity index (χ3v) is 4.56. The Labute approximate surface area is 129 Å². The molecule has 1 unspecified atom stereocenters. The highest BCUT2D eigenvalue weighted by Crippen LogP contribution is 2.12. The molecule has 1 aliphatic rings. The van der Waals surface area contributed by atoms with Gasteiger partial charge in [0.25, 0.3) is 0 Å². The van der Waals surface area contributed by atoms with Crippen LogP contribution in [0.15, 0.2) is 18.7 Å². The SMILES string of the molecule is CCC(CCN)N1CCCN(CCCn2ccnc2)CC1. The second kappa shape index (κ2) is 9.18. The van der Waals surface area contributed by atoms with E-state index in [0.29, 0.717) is 6.04 Å². The van der Waals surface area contributed by atoms with Crippen molar-refractivity contribution in [3.8, 4) is 0 Å². The normalized spacial score (nSPS) is 19.5. The van der Waals surface area contributed by atoms with Crippen LogP contribution in [-0.2, 0) is 6.54 Å². The Morgan fingerprint density at radius 2 is 2.10 bits per heavy atom. The van der Waals surface area contributed by atoms with E-state index in [1.807, 2.05) is 18.7 Å². The van der Waals surface area contributed by atoms with Crippen molar-refractivity contribution in [2.24, 2.45) is 5.73 Å². The second-order valence-electron chi connectivity index (χ2n) is 6.02. The number of nitrogens with zero attached hydrogens (tertiary/aromatic N) is 4. The Bertz CT molecular complexity index is 365. The lowest BCUT2D eigenvalue weighted by atomic mass is 10.1. The summed E-state index contributed by atoms with van der Waals surface area (Å²) in [5, 5.41) is 0. The van der Waals surface area contributed by atoms with Crippen LogP contribution in [0.5, 0.6) is 0 Å². The van der Waals surface area contributed by atoms with Gasteiger partial charge in [0.2, 0.25) is 0 Å². The monoisotopic (exact) mass is 293 g/mol. The lowest BCUT2D eigenvalue weighted by Gasteiger charge is -2.29. The van der Waals surface area contributed by atoms with E-state index in [-0.39, 0.29) is 0 Å². The average Bonchev–Trinajstić information content (AvgIpc) is 2.90. The average molecular weight is 293 g/mol. The molecular formula is C16H31N5. The first-order chi connectivity index (χ1) is 10.3. The van der Waals surface area contributed by atoms with Crippen molar-refractivity contribution in [3.05, 3.63) is 18.7 Å². The molecule has 5 heteroatoms. The van der Waals surface area contributed by atoms with Gasteiger partial charge in [-0.1, -0.05) is 6.92 Å². The van der Waals surface area contributed by atoms with Gasteiger partial charge in [0, 0.05) is 38.1 Å². The van der Waals surface area contributed by atoms with Gasteiger partial charge in [-0.3, -0.25) is 4.90 Å². The fraction of sp³-hybridized carbons (Fsp3) is 0.812. The molecule has 0 amide bonds. The van der Waals surface area contributed by atoms with Gasteiger partial charge in [-0.15, -0.1) is 0 Å². The molecule has 2 heterocycles. The summed E-state index contributed by atoms with van der Waals surface area (Å²) in [4.78, 5) is 9.36. The maximum Gasteiger partial charge on any atom is 0.0945 e. The molecule has 21 heavy (non-hydrogen) atoms. The molecule has 0 bridgehead atoms. The van der Waals surface area contributed by atoms with E-state index in [0.717, 1.165) is 19.5 Å². The molecule has 1 aliphatic heterocycles.